The van der Waals surface area contributed by atoms with Crippen molar-refractivity contribution in [2.75, 3.05) is 0 Å². The van der Waals surface area contributed by atoms with Gasteiger partial charge in [-0.25, -0.2) is 0 Å². The lowest BCUT2D eigenvalue weighted by atomic mass is 9.92. The van der Waals surface area contributed by atoms with Crippen LogP contribution >= 0.6 is 23.2 Å². The highest BCUT2D eigenvalue weighted by atomic mass is 35.5. The number of carboxylic acids is 2. The second-order valence-electron chi connectivity index (χ2n) is 3.29. The summed E-state index contributed by atoms with van der Waals surface area (Å²) in [7, 11) is 0. The monoisotopic (exact) mass is 241 g/mol. The molecule has 0 amide bonds. The first-order chi connectivity index (χ1) is 6.15. The maximum Gasteiger partial charge on any atom is 0.324 e. The molecule has 0 saturated carbocycles. The summed E-state index contributed by atoms with van der Waals surface area (Å²) in [6.45, 7) is 2.71. The molecule has 0 aromatic carbocycles. The van der Waals surface area contributed by atoms with Crippen LogP contribution < -0.4 is 5.11 Å². The minimum atomic E-state index is -1.77. The number of alkyl halides is 2. The molecule has 2 unspecified atom stereocenters. The Morgan fingerprint density at radius 3 is 2.07 bits per heavy atom. The molecule has 2 atom stereocenters. The normalized spacial score (nSPS) is 19.4. The van der Waals surface area contributed by atoms with Gasteiger partial charge in [0.05, 0.1) is 10.8 Å². The van der Waals surface area contributed by atoms with Crippen LogP contribution in [-0.4, -0.2) is 26.8 Å². The summed E-state index contributed by atoms with van der Waals surface area (Å²) in [5.74, 6) is -2.81. The van der Waals surface area contributed by atoms with Gasteiger partial charge in [0.15, 0.2) is 0 Å². The molecule has 82 valence electrons. The third kappa shape index (κ3) is 3.03. The van der Waals surface area contributed by atoms with E-state index in [2.05, 4.69) is 0 Å². The van der Waals surface area contributed by atoms with Crippen LogP contribution in [-0.2, 0) is 9.59 Å². The fraction of sp³-hybridized carbons (Fsp3) is 0.750. The van der Waals surface area contributed by atoms with E-state index in [9.17, 15) is 14.7 Å². The molecule has 0 spiro atoms. The molecule has 4 nitrogen and oxygen atoms in total. The van der Waals surface area contributed by atoms with Crippen molar-refractivity contribution < 1.29 is 19.8 Å². The second-order valence-corrected chi connectivity index (χ2v) is 4.84. The first-order valence-electron chi connectivity index (χ1n) is 3.98. The smallest absolute Gasteiger partial charge is 0.324 e. The van der Waals surface area contributed by atoms with Crippen LogP contribution in [0.25, 0.3) is 0 Å². The molecule has 0 fully saturated rings. The average Bonchev–Trinajstić information content (AvgIpc) is 2.02. The standard InChI is InChI=1S/C8H12Cl2O4/c1-3-8(10,6(13)14)4-7(2,9)5(11)12/h3-4H2,1-2H3,(H,11,12)(H,13,14)/p-1. The van der Waals surface area contributed by atoms with Crippen LogP contribution in [0.2, 0.25) is 0 Å². The van der Waals surface area contributed by atoms with E-state index < -0.39 is 28.1 Å². The topological polar surface area (TPSA) is 77.4 Å². The maximum atomic E-state index is 10.7. The molecule has 0 aliphatic rings. The molecule has 0 bridgehead atoms. The Labute approximate surface area is 91.8 Å². The zero-order valence-electron chi connectivity index (χ0n) is 7.84. The number of halogens is 2. The van der Waals surface area contributed by atoms with Gasteiger partial charge in [0.2, 0.25) is 0 Å². The van der Waals surface area contributed by atoms with Crippen molar-refractivity contribution in [2.24, 2.45) is 0 Å². The van der Waals surface area contributed by atoms with Gasteiger partial charge in [-0.05, 0) is 13.3 Å². The maximum absolute atomic E-state index is 10.7. The Hall–Kier alpha value is -0.480. The van der Waals surface area contributed by atoms with Gasteiger partial charge in [0.1, 0.15) is 4.87 Å². The third-order valence-corrected chi connectivity index (χ3v) is 2.83. The lowest BCUT2D eigenvalue weighted by molar-refractivity contribution is -0.309. The van der Waals surface area contributed by atoms with Crippen molar-refractivity contribution in [3.05, 3.63) is 0 Å². The van der Waals surface area contributed by atoms with E-state index in [0.717, 1.165) is 0 Å². The number of rotatable bonds is 5. The summed E-state index contributed by atoms with van der Waals surface area (Å²) in [5, 5.41) is 19.3. The molecular formula is C8H11Cl2O4-. The van der Waals surface area contributed by atoms with E-state index in [4.69, 9.17) is 28.3 Å². The molecule has 0 aromatic heterocycles. The van der Waals surface area contributed by atoms with Crippen molar-refractivity contribution in [3.8, 4) is 0 Å². The van der Waals surface area contributed by atoms with Gasteiger partial charge < -0.3 is 15.0 Å². The minimum absolute atomic E-state index is 0.0828. The molecule has 0 rings (SSSR count). The fourth-order valence-electron chi connectivity index (χ4n) is 0.950. The number of carboxylic acid groups (broad SMARTS) is 2. The SMILES string of the molecule is CCC(Cl)(CC(C)(Cl)C(=O)[O-])C(=O)O. The van der Waals surface area contributed by atoms with E-state index in [-0.39, 0.29) is 6.42 Å². The zero-order chi connectivity index (χ0) is 11.6. The van der Waals surface area contributed by atoms with Gasteiger partial charge in [-0.1, -0.05) is 6.92 Å². The molecule has 0 aromatic rings. The summed E-state index contributed by atoms with van der Waals surface area (Å²) < 4.78 is 0. The van der Waals surface area contributed by atoms with Gasteiger partial charge in [0.25, 0.3) is 0 Å². The summed E-state index contributed by atoms with van der Waals surface area (Å²) in [6, 6.07) is 0. The van der Waals surface area contributed by atoms with Gasteiger partial charge in [-0.2, -0.15) is 0 Å². The van der Waals surface area contributed by atoms with Crippen LogP contribution in [0.4, 0.5) is 0 Å². The van der Waals surface area contributed by atoms with Gasteiger partial charge in [0, 0.05) is 6.42 Å². The minimum Gasteiger partial charge on any atom is -0.548 e. The van der Waals surface area contributed by atoms with E-state index in [1.54, 1.807) is 6.92 Å². The van der Waals surface area contributed by atoms with Gasteiger partial charge in [-0.3, -0.25) is 4.79 Å². The van der Waals surface area contributed by atoms with Crippen LogP contribution in [0.1, 0.15) is 26.7 Å². The summed E-state index contributed by atoms with van der Waals surface area (Å²) >= 11 is 11.3. The number of aliphatic carboxylic acids is 2. The van der Waals surface area contributed by atoms with Crippen LogP contribution in [0, 0.1) is 0 Å². The van der Waals surface area contributed by atoms with Crippen molar-refractivity contribution >= 4 is 35.1 Å². The first-order valence-corrected chi connectivity index (χ1v) is 4.74. The molecule has 14 heavy (non-hydrogen) atoms. The largest absolute Gasteiger partial charge is 0.548 e. The predicted octanol–water partition coefficient (Wildman–Crippen LogP) is 0.596. The van der Waals surface area contributed by atoms with Gasteiger partial charge >= 0.3 is 5.97 Å². The van der Waals surface area contributed by atoms with Crippen LogP contribution in [0.3, 0.4) is 0 Å². The van der Waals surface area contributed by atoms with Crippen molar-refractivity contribution in [1.82, 2.24) is 0 Å². The summed E-state index contributed by atoms with van der Waals surface area (Å²) in [6.07, 6.45) is -0.309. The fourth-order valence-corrected chi connectivity index (χ4v) is 1.51. The van der Waals surface area contributed by atoms with Crippen molar-refractivity contribution in [1.29, 1.82) is 0 Å². The number of carbonyl (C=O) groups is 2. The first kappa shape index (κ1) is 13.5. The van der Waals surface area contributed by atoms with Crippen molar-refractivity contribution in [2.45, 2.75) is 36.4 Å². The zero-order valence-corrected chi connectivity index (χ0v) is 9.35. The molecule has 0 aliphatic carbocycles. The number of carbonyl (C=O) groups excluding carboxylic acids is 1. The number of hydrogen-bond acceptors (Lipinski definition) is 3. The highest BCUT2D eigenvalue weighted by Gasteiger charge is 2.41. The quantitative estimate of drug-likeness (QED) is 0.716. The molecule has 0 aliphatic heterocycles. The Bertz CT molecular complexity index is 252. The lowest BCUT2D eigenvalue weighted by Crippen LogP contribution is -2.48. The molecule has 6 heteroatoms. The molecule has 1 N–H and O–H groups in total. The van der Waals surface area contributed by atoms with Gasteiger partial charge in [-0.15, -0.1) is 23.2 Å². The summed E-state index contributed by atoms with van der Waals surface area (Å²) in [5.41, 5.74) is 0. The Morgan fingerprint density at radius 1 is 1.43 bits per heavy atom. The molecule has 0 saturated heterocycles. The predicted molar refractivity (Wildman–Crippen MR) is 50.4 cm³/mol. The highest BCUT2D eigenvalue weighted by molar-refractivity contribution is 6.37. The van der Waals surface area contributed by atoms with Crippen LogP contribution in [0.5, 0.6) is 0 Å². The average molecular weight is 242 g/mol. The van der Waals surface area contributed by atoms with Crippen LogP contribution in [0.15, 0.2) is 0 Å². The van der Waals surface area contributed by atoms with Crippen molar-refractivity contribution in [3.63, 3.8) is 0 Å². The van der Waals surface area contributed by atoms with E-state index in [1.165, 1.54) is 6.92 Å². The van der Waals surface area contributed by atoms with E-state index in [0.29, 0.717) is 0 Å². The molecular weight excluding hydrogens is 231 g/mol. The Kier molecular flexibility index (Phi) is 4.21. The Balaban J connectivity index is 4.79. The summed E-state index contributed by atoms with van der Waals surface area (Å²) in [4.78, 5) is 17.9. The third-order valence-electron chi connectivity index (χ3n) is 1.98. The molecule has 0 heterocycles. The molecule has 0 radical (unpaired) electrons. The Morgan fingerprint density at radius 2 is 1.86 bits per heavy atom. The highest BCUT2D eigenvalue weighted by Crippen LogP contribution is 2.33. The number of hydrogen-bond donors (Lipinski definition) is 1. The second kappa shape index (κ2) is 4.36. The van der Waals surface area contributed by atoms with E-state index in [1.807, 2.05) is 0 Å². The van der Waals surface area contributed by atoms with E-state index >= 15 is 0 Å². The lowest BCUT2D eigenvalue weighted by Gasteiger charge is -2.30.